The smallest absolute Gasteiger partial charge is 0.251 e. The minimum absolute atomic E-state index is 0.105. The van der Waals surface area contributed by atoms with E-state index in [0.29, 0.717) is 6.54 Å². The Morgan fingerprint density at radius 1 is 1.33 bits per heavy atom. The lowest BCUT2D eigenvalue weighted by Crippen LogP contribution is -2.58. The normalized spacial score (nSPS) is 21.6. The van der Waals surface area contributed by atoms with Crippen molar-refractivity contribution in [1.82, 2.24) is 24.6 Å². The molecule has 128 valence electrons. The van der Waals surface area contributed by atoms with Crippen molar-refractivity contribution in [1.29, 1.82) is 0 Å². The Bertz CT molecular complexity index is 697. The molecule has 3 rings (SSSR count). The Hall–Kier alpha value is -2.21. The van der Waals surface area contributed by atoms with Crippen LogP contribution in [0.15, 0.2) is 36.7 Å². The fourth-order valence-corrected chi connectivity index (χ4v) is 3.57. The molecule has 1 aliphatic rings. The van der Waals surface area contributed by atoms with E-state index in [4.69, 9.17) is 0 Å². The van der Waals surface area contributed by atoms with Crippen molar-refractivity contribution in [2.75, 3.05) is 27.2 Å². The standard InChI is InChI=1S/C18H25N5O/c1-15-7-4-8-16(20-15)13-22-11-5-9-18(14-22,17(24)21(2)3)23-12-6-10-19-23/h4,6-8,10,12H,5,9,11,13-14H2,1-3H3. The number of hydrogen-bond donors (Lipinski definition) is 0. The highest BCUT2D eigenvalue weighted by Crippen LogP contribution is 2.30. The van der Waals surface area contributed by atoms with Gasteiger partial charge in [0.25, 0.3) is 5.91 Å². The van der Waals surface area contributed by atoms with Crippen molar-refractivity contribution in [3.8, 4) is 0 Å². The number of likely N-dealkylation sites (tertiary alicyclic amines) is 1. The Kier molecular flexibility index (Phi) is 4.66. The number of carbonyl (C=O) groups excluding carboxylic acids is 1. The Morgan fingerprint density at radius 2 is 2.17 bits per heavy atom. The molecule has 0 bridgehead atoms. The summed E-state index contributed by atoms with van der Waals surface area (Å²) in [4.78, 5) is 21.6. The third-order valence-electron chi connectivity index (χ3n) is 4.63. The largest absolute Gasteiger partial charge is 0.347 e. The first kappa shape index (κ1) is 16.6. The number of carbonyl (C=O) groups is 1. The number of piperidine rings is 1. The number of nitrogens with zero attached hydrogens (tertiary/aromatic N) is 5. The molecule has 1 fully saturated rings. The SMILES string of the molecule is Cc1cccc(CN2CCCC(C(=O)N(C)C)(n3cccn3)C2)n1. The van der Waals surface area contributed by atoms with Crippen molar-refractivity contribution < 1.29 is 4.79 Å². The van der Waals surface area contributed by atoms with Crippen LogP contribution in [0, 0.1) is 6.92 Å². The summed E-state index contributed by atoms with van der Waals surface area (Å²) in [6, 6.07) is 7.97. The number of amides is 1. The zero-order chi connectivity index (χ0) is 17.2. The van der Waals surface area contributed by atoms with Crippen LogP contribution in [-0.2, 0) is 16.9 Å². The molecule has 0 aliphatic carbocycles. The van der Waals surface area contributed by atoms with Gasteiger partial charge >= 0.3 is 0 Å². The van der Waals surface area contributed by atoms with Crippen molar-refractivity contribution in [2.45, 2.75) is 31.8 Å². The first-order valence-corrected chi connectivity index (χ1v) is 8.38. The molecule has 1 unspecified atom stereocenters. The topological polar surface area (TPSA) is 54.3 Å². The Morgan fingerprint density at radius 3 is 2.83 bits per heavy atom. The number of pyridine rings is 1. The lowest BCUT2D eigenvalue weighted by molar-refractivity contribution is -0.142. The highest BCUT2D eigenvalue weighted by atomic mass is 16.2. The van der Waals surface area contributed by atoms with Crippen LogP contribution in [0.5, 0.6) is 0 Å². The second kappa shape index (κ2) is 6.73. The van der Waals surface area contributed by atoms with E-state index in [9.17, 15) is 4.79 Å². The summed E-state index contributed by atoms with van der Waals surface area (Å²) in [6.07, 6.45) is 5.41. The number of hydrogen-bond acceptors (Lipinski definition) is 4. The van der Waals surface area contributed by atoms with Gasteiger partial charge in [-0.1, -0.05) is 6.07 Å². The van der Waals surface area contributed by atoms with Crippen LogP contribution in [0.4, 0.5) is 0 Å². The van der Waals surface area contributed by atoms with Gasteiger partial charge in [0.1, 0.15) is 0 Å². The molecule has 3 heterocycles. The summed E-state index contributed by atoms with van der Waals surface area (Å²) in [5.41, 5.74) is 1.44. The highest BCUT2D eigenvalue weighted by Gasteiger charge is 2.45. The van der Waals surface area contributed by atoms with Gasteiger partial charge in [-0.3, -0.25) is 19.4 Å². The van der Waals surface area contributed by atoms with Crippen molar-refractivity contribution in [2.24, 2.45) is 0 Å². The van der Waals surface area contributed by atoms with Crippen molar-refractivity contribution >= 4 is 5.91 Å². The molecule has 0 N–H and O–H groups in total. The molecule has 6 nitrogen and oxygen atoms in total. The molecular weight excluding hydrogens is 302 g/mol. The van der Waals surface area contributed by atoms with Crippen molar-refractivity contribution in [3.63, 3.8) is 0 Å². The first-order chi connectivity index (χ1) is 11.5. The summed E-state index contributed by atoms with van der Waals surface area (Å²) >= 11 is 0. The zero-order valence-corrected chi connectivity index (χ0v) is 14.6. The highest BCUT2D eigenvalue weighted by molar-refractivity contribution is 5.84. The van der Waals surface area contributed by atoms with Crippen LogP contribution in [0.1, 0.15) is 24.2 Å². The van der Waals surface area contributed by atoms with E-state index >= 15 is 0 Å². The predicted octanol–water partition coefficient (Wildman–Crippen LogP) is 1.67. The van der Waals surface area contributed by atoms with Crippen LogP contribution in [-0.4, -0.2) is 57.7 Å². The molecule has 6 heteroatoms. The maximum atomic E-state index is 13.0. The van der Waals surface area contributed by atoms with E-state index in [1.165, 1.54) is 0 Å². The zero-order valence-electron chi connectivity index (χ0n) is 14.6. The molecule has 2 aromatic rings. The molecule has 0 spiro atoms. The monoisotopic (exact) mass is 327 g/mol. The Labute approximate surface area is 143 Å². The molecule has 1 atom stereocenters. The molecule has 24 heavy (non-hydrogen) atoms. The molecule has 0 radical (unpaired) electrons. The molecule has 1 saturated heterocycles. The van der Waals surface area contributed by atoms with E-state index in [2.05, 4.69) is 15.0 Å². The molecular formula is C18H25N5O. The second-order valence-corrected chi connectivity index (χ2v) is 6.77. The van der Waals surface area contributed by atoms with Gasteiger partial charge in [-0.25, -0.2) is 0 Å². The van der Waals surface area contributed by atoms with Gasteiger partial charge in [-0.2, -0.15) is 5.10 Å². The summed E-state index contributed by atoms with van der Waals surface area (Å²) in [7, 11) is 3.63. The maximum absolute atomic E-state index is 13.0. The minimum Gasteiger partial charge on any atom is -0.347 e. The summed E-state index contributed by atoms with van der Waals surface area (Å²) in [5.74, 6) is 0.105. The molecule has 2 aromatic heterocycles. The van der Waals surface area contributed by atoms with Crippen LogP contribution in [0.2, 0.25) is 0 Å². The van der Waals surface area contributed by atoms with E-state index in [-0.39, 0.29) is 5.91 Å². The summed E-state index contributed by atoms with van der Waals surface area (Å²) < 4.78 is 1.84. The first-order valence-electron chi connectivity index (χ1n) is 8.38. The number of aromatic nitrogens is 3. The predicted molar refractivity (Wildman–Crippen MR) is 92.4 cm³/mol. The van der Waals surface area contributed by atoms with Crippen molar-refractivity contribution in [3.05, 3.63) is 48.0 Å². The Balaban J connectivity index is 1.86. The summed E-state index contributed by atoms with van der Waals surface area (Å²) in [5, 5.41) is 4.40. The van der Waals surface area contributed by atoms with Gasteiger partial charge in [-0.15, -0.1) is 0 Å². The van der Waals surface area contributed by atoms with E-state index in [0.717, 1.165) is 37.3 Å². The second-order valence-electron chi connectivity index (χ2n) is 6.77. The number of rotatable bonds is 4. The fourth-order valence-electron chi connectivity index (χ4n) is 3.57. The average molecular weight is 327 g/mol. The maximum Gasteiger partial charge on any atom is 0.251 e. The number of aryl methyl sites for hydroxylation is 1. The van der Waals surface area contributed by atoms with E-state index in [1.807, 2.05) is 56.2 Å². The van der Waals surface area contributed by atoms with Crippen LogP contribution >= 0.6 is 0 Å². The fraction of sp³-hybridized carbons (Fsp3) is 0.500. The lowest BCUT2D eigenvalue weighted by atomic mass is 9.87. The van der Waals surface area contributed by atoms with E-state index < -0.39 is 5.54 Å². The summed E-state index contributed by atoms with van der Waals surface area (Å²) in [6.45, 7) is 4.38. The van der Waals surface area contributed by atoms with Gasteiger partial charge < -0.3 is 4.90 Å². The van der Waals surface area contributed by atoms with E-state index in [1.54, 1.807) is 11.1 Å². The van der Waals surface area contributed by atoms with Crippen LogP contribution in [0.3, 0.4) is 0 Å². The van der Waals surface area contributed by atoms with Gasteiger partial charge in [-0.05, 0) is 44.5 Å². The number of likely N-dealkylation sites (N-methyl/N-ethyl adjacent to an activating group) is 1. The molecule has 1 aliphatic heterocycles. The molecule has 1 amide bonds. The minimum atomic E-state index is -0.630. The van der Waals surface area contributed by atoms with Gasteiger partial charge in [0, 0.05) is 45.3 Å². The van der Waals surface area contributed by atoms with Gasteiger partial charge in [0.15, 0.2) is 5.54 Å². The third kappa shape index (κ3) is 3.19. The van der Waals surface area contributed by atoms with Gasteiger partial charge in [0.2, 0.25) is 0 Å². The van der Waals surface area contributed by atoms with Crippen LogP contribution < -0.4 is 0 Å². The van der Waals surface area contributed by atoms with Crippen LogP contribution in [0.25, 0.3) is 0 Å². The molecule has 0 saturated carbocycles. The van der Waals surface area contributed by atoms with Gasteiger partial charge in [0.05, 0.1) is 5.69 Å². The quantitative estimate of drug-likeness (QED) is 0.857. The third-order valence-corrected chi connectivity index (χ3v) is 4.63. The average Bonchev–Trinajstić information content (AvgIpc) is 3.09. The lowest BCUT2D eigenvalue weighted by Gasteiger charge is -2.42. The molecule has 0 aromatic carbocycles.